The number of halogens is 1. The minimum absolute atomic E-state index is 0.279. The van der Waals surface area contributed by atoms with Gasteiger partial charge in [-0.2, -0.15) is 5.26 Å². The Labute approximate surface area is 173 Å². The fourth-order valence-electron chi connectivity index (χ4n) is 3.33. The predicted octanol–water partition coefficient (Wildman–Crippen LogP) is 4.53. The van der Waals surface area contributed by atoms with Crippen molar-refractivity contribution in [3.8, 4) is 11.8 Å². The number of allylic oxidation sites excluding steroid dienone is 2. The summed E-state index contributed by atoms with van der Waals surface area (Å²) in [5.41, 5.74) is 1.93. The summed E-state index contributed by atoms with van der Waals surface area (Å²) in [6.45, 7) is 1.75. The van der Waals surface area contributed by atoms with Crippen molar-refractivity contribution >= 4 is 23.4 Å². The number of ether oxygens (including phenoxy) is 1. The molecule has 0 aromatic heterocycles. The van der Waals surface area contributed by atoms with E-state index in [4.69, 9.17) is 4.74 Å². The number of para-hydroxylation sites is 2. The second-order valence-electron chi connectivity index (χ2n) is 6.33. The molecule has 1 atom stereocenters. The Morgan fingerprint density at radius 2 is 1.93 bits per heavy atom. The topological polar surface area (TPSA) is 74.2 Å². The molecule has 0 saturated carbocycles. The number of hydrogen-bond donors (Lipinski definition) is 2. The van der Waals surface area contributed by atoms with Gasteiger partial charge in [0.2, 0.25) is 0 Å². The Balaban J connectivity index is 2.11. The van der Waals surface area contributed by atoms with Crippen LogP contribution in [0.5, 0.6) is 5.75 Å². The van der Waals surface area contributed by atoms with Crippen LogP contribution < -0.4 is 15.4 Å². The first-order chi connectivity index (χ1) is 14.0. The number of dihydropyridines is 1. The van der Waals surface area contributed by atoms with E-state index in [9.17, 15) is 14.4 Å². The molecule has 0 radical (unpaired) electrons. The van der Waals surface area contributed by atoms with Crippen LogP contribution in [-0.4, -0.2) is 19.3 Å². The Kier molecular flexibility index (Phi) is 6.25. The highest BCUT2D eigenvalue weighted by Crippen LogP contribution is 2.41. The number of carbonyl (C=O) groups excluding carboxylic acids is 1. The van der Waals surface area contributed by atoms with Crippen LogP contribution in [0.15, 0.2) is 70.4 Å². The summed E-state index contributed by atoms with van der Waals surface area (Å²) in [5, 5.41) is 16.4. The number of methoxy groups -OCH3 is 1. The molecule has 1 aliphatic rings. The molecule has 2 N–H and O–H groups in total. The van der Waals surface area contributed by atoms with Gasteiger partial charge in [-0.25, -0.2) is 4.39 Å². The van der Waals surface area contributed by atoms with Gasteiger partial charge in [-0.3, -0.25) is 4.79 Å². The summed E-state index contributed by atoms with van der Waals surface area (Å²) in [6.07, 6.45) is 1.82. The molecule has 1 aliphatic heterocycles. The highest BCUT2D eigenvalue weighted by atomic mass is 32.2. The first-order valence-corrected chi connectivity index (χ1v) is 10.1. The monoisotopic (exact) mass is 409 g/mol. The summed E-state index contributed by atoms with van der Waals surface area (Å²) < 4.78 is 20.0. The highest BCUT2D eigenvalue weighted by Gasteiger charge is 2.35. The summed E-state index contributed by atoms with van der Waals surface area (Å²) in [6, 6.07) is 15.4. The largest absolute Gasteiger partial charge is 0.495 e. The van der Waals surface area contributed by atoms with E-state index in [2.05, 4.69) is 16.7 Å². The van der Waals surface area contributed by atoms with Crippen LogP contribution in [0.2, 0.25) is 0 Å². The number of nitrogens with one attached hydrogen (secondary N) is 2. The molecule has 2 aromatic rings. The zero-order valence-corrected chi connectivity index (χ0v) is 17.1. The summed E-state index contributed by atoms with van der Waals surface area (Å²) in [7, 11) is 1.51. The van der Waals surface area contributed by atoms with Crippen molar-refractivity contribution in [3.63, 3.8) is 0 Å². The second kappa shape index (κ2) is 8.84. The number of nitriles is 1. The minimum atomic E-state index is -0.820. The quantitative estimate of drug-likeness (QED) is 0.759. The van der Waals surface area contributed by atoms with Gasteiger partial charge in [-0.15, -0.1) is 11.8 Å². The molecular weight excluding hydrogens is 389 g/mol. The molecule has 0 saturated heterocycles. The normalized spacial score (nSPS) is 16.2. The van der Waals surface area contributed by atoms with Gasteiger partial charge < -0.3 is 15.4 Å². The predicted molar refractivity (Wildman–Crippen MR) is 113 cm³/mol. The van der Waals surface area contributed by atoms with Gasteiger partial charge in [-0.1, -0.05) is 30.3 Å². The number of amides is 1. The molecule has 0 aliphatic carbocycles. The van der Waals surface area contributed by atoms with Crippen LogP contribution in [0.1, 0.15) is 18.4 Å². The lowest BCUT2D eigenvalue weighted by Gasteiger charge is -2.29. The summed E-state index contributed by atoms with van der Waals surface area (Å²) >= 11 is 1.35. The number of anilines is 1. The number of thioether (sulfide) groups is 1. The molecule has 0 bridgehead atoms. The highest BCUT2D eigenvalue weighted by molar-refractivity contribution is 8.02. The van der Waals surface area contributed by atoms with E-state index in [0.717, 1.165) is 0 Å². The molecule has 5 nitrogen and oxygen atoms in total. The number of nitrogens with zero attached hydrogens (tertiary/aromatic N) is 1. The van der Waals surface area contributed by atoms with Gasteiger partial charge in [-0.05, 0) is 31.4 Å². The SMILES string of the molecule is COc1ccccc1NC(=O)C1=C(C)NC(SC)=C(C#N)[C@@H]1c1ccccc1F. The first-order valence-electron chi connectivity index (χ1n) is 8.86. The number of hydrogen-bond acceptors (Lipinski definition) is 5. The van der Waals surface area contributed by atoms with E-state index in [1.807, 2.05) is 6.26 Å². The molecule has 0 spiro atoms. The van der Waals surface area contributed by atoms with Gasteiger partial charge in [0.1, 0.15) is 11.6 Å². The van der Waals surface area contributed by atoms with Crippen LogP contribution in [0, 0.1) is 17.1 Å². The molecule has 0 fully saturated rings. The van der Waals surface area contributed by atoms with E-state index >= 15 is 0 Å². The van der Waals surface area contributed by atoms with Crippen molar-refractivity contribution in [2.24, 2.45) is 0 Å². The maximum Gasteiger partial charge on any atom is 0.254 e. The average molecular weight is 409 g/mol. The van der Waals surface area contributed by atoms with Gasteiger partial charge in [0, 0.05) is 16.8 Å². The lowest BCUT2D eigenvalue weighted by atomic mass is 9.82. The van der Waals surface area contributed by atoms with Gasteiger partial charge in [0.25, 0.3) is 5.91 Å². The Bertz CT molecular complexity index is 1060. The van der Waals surface area contributed by atoms with E-state index in [-0.39, 0.29) is 11.1 Å². The molecular formula is C22H20FN3O2S. The molecule has 1 heterocycles. The van der Waals surface area contributed by atoms with Gasteiger partial charge >= 0.3 is 0 Å². The van der Waals surface area contributed by atoms with E-state index in [0.29, 0.717) is 27.7 Å². The maximum atomic E-state index is 14.7. The number of carbonyl (C=O) groups is 1. The van der Waals surface area contributed by atoms with Crippen LogP contribution in [0.3, 0.4) is 0 Å². The number of benzene rings is 2. The smallest absolute Gasteiger partial charge is 0.254 e. The second-order valence-corrected chi connectivity index (χ2v) is 7.15. The van der Waals surface area contributed by atoms with Crippen molar-refractivity contribution in [2.75, 3.05) is 18.7 Å². The van der Waals surface area contributed by atoms with Gasteiger partial charge in [0.15, 0.2) is 0 Å². The Morgan fingerprint density at radius 1 is 1.24 bits per heavy atom. The molecule has 7 heteroatoms. The molecule has 0 unspecified atom stereocenters. The van der Waals surface area contributed by atoms with Crippen LogP contribution in [0.4, 0.5) is 10.1 Å². The lowest BCUT2D eigenvalue weighted by molar-refractivity contribution is -0.113. The van der Waals surface area contributed by atoms with Crippen molar-refractivity contribution in [1.29, 1.82) is 5.26 Å². The lowest BCUT2D eigenvalue weighted by Crippen LogP contribution is -2.31. The fourth-order valence-corrected chi connectivity index (χ4v) is 3.97. The van der Waals surface area contributed by atoms with E-state index in [1.54, 1.807) is 49.4 Å². The third-order valence-corrected chi connectivity index (χ3v) is 5.40. The summed E-state index contributed by atoms with van der Waals surface area (Å²) in [5.74, 6) is -1.21. The Hall–Kier alpha value is -3.24. The van der Waals surface area contributed by atoms with Crippen LogP contribution >= 0.6 is 11.8 Å². The number of rotatable bonds is 5. The first kappa shape index (κ1) is 20.5. The van der Waals surface area contributed by atoms with Crippen LogP contribution in [0.25, 0.3) is 0 Å². The summed E-state index contributed by atoms with van der Waals surface area (Å²) in [4.78, 5) is 13.3. The maximum absolute atomic E-state index is 14.7. The third kappa shape index (κ3) is 3.98. The molecule has 29 heavy (non-hydrogen) atoms. The van der Waals surface area contributed by atoms with Crippen molar-refractivity contribution < 1.29 is 13.9 Å². The van der Waals surface area contributed by atoms with E-state index in [1.165, 1.54) is 24.9 Å². The molecule has 3 rings (SSSR count). The van der Waals surface area contributed by atoms with Crippen molar-refractivity contribution in [2.45, 2.75) is 12.8 Å². The standard InChI is InChI=1S/C22H20FN3O2S/c1-13-19(21(27)26-17-10-6-7-11-18(17)28-2)20(14-8-4-5-9-16(14)23)15(12-24)22(25-13)29-3/h4-11,20,25H,1-3H3,(H,26,27)/t20-/m0/s1. The zero-order chi connectivity index (χ0) is 21.0. The zero-order valence-electron chi connectivity index (χ0n) is 16.2. The molecule has 148 valence electrons. The van der Waals surface area contributed by atoms with Crippen LogP contribution in [-0.2, 0) is 4.79 Å². The van der Waals surface area contributed by atoms with E-state index < -0.39 is 17.6 Å². The fraction of sp³-hybridized carbons (Fsp3) is 0.182. The minimum Gasteiger partial charge on any atom is -0.495 e. The Morgan fingerprint density at radius 3 is 2.59 bits per heavy atom. The van der Waals surface area contributed by atoms with Crippen molar-refractivity contribution in [3.05, 3.63) is 81.8 Å². The third-order valence-electron chi connectivity index (χ3n) is 4.67. The average Bonchev–Trinajstić information content (AvgIpc) is 2.73. The molecule has 2 aromatic carbocycles. The van der Waals surface area contributed by atoms with Crippen molar-refractivity contribution in [1.82, 2.24) is 5.32 Å². The molecule has 1 amide bonds. The van der Waals surface area contributed by atoms with Gasteiger partial charge in [0.05, 0.1) is 35.4 Å².